The SMILES string of the molecule is CN(C)S(=O)N1CCCCC1.O=C(Nc1ccccc1)OCc1cnco1. The van der Waals surface area contributed by atoms with Gasteiger partial charge in [0.1, 0.15) is 0 Å². The first kappa shape index (κ1) is 21.1. The molecule has 1 aromatic heterocycles. The van der Waals surface area contributed by atoms with E-state index in [9.17, 15) is 9.00 Å². The smallest absolute Gasteiger partial charge is 0.412 e. The van der Waals surface area contributed by atoms with Gasteiger partial charge in [-0.15, -0.1) is 0 Å². The molecular formula is C18H26N4O4S. The third-order valence-electron chi connectivity index (χ3n) is 3.70. The highest BCUT2D eigenvalue weighted by molar-refractivity contribution is 7.80. The Morgan fingerprint density at radius 2 is 1.96 bits per heavy atom. The fourth-order valence-electron chi connectivity index (χ4n) is 2.38. The topological polar surface area (TPSA) is 87.9 Å². The van der Waals surface area contributed by atoms with Crippen molar-refractivity contribution >= 4 is 23.0 Å². The number of carbonyl (C=O) groups is 1. The minimum atomic E-state index is -0.892. The number of rotatable bonds is 5. The number of anilines is 1. The first-order valence-corrected chi connectivity index (χ1v) is 9.83. The zero-order chi connectivity index (χ0) is 19.5. The van der Waals surface area contributed by atoms with Crippen LogP contribution in [0, 0.1) is 0 Å². The molecule has 148 valence electrons. The summed E-state index contributed by atoms with van der Waals surface area (Å²) in [6, 6.07) is 9.06. The second-order valence-electron chi connectivity index (χ2n) is 6.07. The molecule has 0 spiro atoms. The number of amides is 1. The van der Waals surface area contributed by atoms with Crippen molar-refractivity contribution < 1.29 is 18.2 Å². The quantitative estimate of drug-likeness (QED) is 0.842. The number of hydrogen-bond donors (Lipinski definition) is 1. The van der Waals surface area contributed by atoms with Gasteiger partial charge in [0.15, 0.2) is 29.9 Å². The first-order chi connectivity index (χ1) is 13.1. The second kappa shape index (κ2) is 11.5. The summed E-state index contributed by atoms with van der Waals surface area (Å²) < 4.78 is 25.1. The summed E-state index contributed by atoms with van der Waals surface area (Å²) in [5.74, 6) is 0.503. The summed E-state index contributed by atoms with van der Waals surface area (Å²) in [4.78, 5) is 15.0. The molecule has 1 N–H and O–H groups in total. The highest BCUT2D eigenvalue weighted by Gasteiger charge is 2.17. The van der Waals surface area contributed by atoms with E-state index in [4.69, 9.17) is 9.15 Å². The monoisotopic (exact) mass is 394 g/mol. The van der Waals surface area contributed by atoms with Crippen molar-refractivity contribution in [3.05, 3.63) is 48.7 Å². The van der Waals surface area contributed by atoms with Crippen molar-refractivity contribution in [3.8, 4) is 0 Å². The summed E-state index contributed by atoms with van der Waals surface area (Å²) >= 11 is -0.892. The summed E-state index contributed by atoms with van der Waals surface area (Å²) in [6.07, 6.45) is 5.94. The Kier molecular flexibility index (Phi) is 8.96. The van der Waals surface area contributed by atoms with Crippen molar-refractivity contribution in [3.63, 3.8) is 0 Å². The number of piperidine rings is 1. The lowest BCUT2D eigenvalue weighted by Crippen LogP contribution is -2.37. The first-order valence-electron chi connectivity index (χ1n) is 8.76. The normalized spacial score (nSPS) is 15.5. The maximum atomic E-state index is 11.5. The van der Waals surface area contributed by atoms with Crippen LogP contribution in [-0.2, 0) is 22.5 Å². The number of carbonyl (C=O) groups excluding carboxylic acids is 1. The molecule has 27 heavy (non-hydrogen) atoms. The van der Waals surface area contributed by atoms with E-state index in [1.54, 1.807) is 16.4 Å². The molecule has 9 heteroatoms. The number of ether oxygens (including phenoxy) is 1. The molecule has 0 bridgehead atoms. The second-order valence-corrected chi connectivity index (χ2v) is 7.78. The third kappa shape index (κ3) is 7.90. The lowest BCUT2D eigenvalue weighted by Gasteiger charge is -2.27. The lowest BCUT2D eigenvalue weighted by molar-refractivity contribution is 0.146. The van der Waals surface area contributed by atoms with Gasteiger partial charge < -0.3 is 9.15 Å². The molecule has 1 unspecified atom stereocenters. The summed E-state index contributed by atoms with van der Waals surface area (Å²) in [5, 5.41) is 2.58. The van der Waals surface area contributed by atoms with Gasteiger partial charge in [-0.2, -0.15) is 0 Å². The molecule has 1 saturated heterocycles. The molecule has 1 fully saturated rings. The van der Waals surface area contributed by atoms with Gasteiger partial charge in [0.25, 0.3) is 0 Å². The molecule has 0 radical (unpaired) electrons. The maximum Gasteiger partial charge on any atom is 0.412 e. The predicted molar refractivity (Wildman–Crippen MR) is 104 cm³/mol. The van der Waals surface area contributed by atoms with Crippen LogP contribution in [-0.4, -0.2) is 51.1 Å². The van der Waals surface area contributed by atoms with Gasteiger partial charge in [-0.25, -0.2) is 22.6 Å². The Labute approximate surface area is 162 Å². The average molecular weight is 394 g/mol. The zero-order valence-electron chi connectivity index (χ0n) is 15.7. The van der Waals surface area contributed by atoms with Crippen molar-refractivity contribution in [2.75, 3.05) is 32.5 Å². The molecule has 1 aliphatic rings. The Balaban J connectivity index is 0.000000208. The maximum absolute atomic E-state index is 11.5. The van der Waals surface area contributed by atoms with Crippen LogP contribution >= 0.6 is 0 Å². The molecule has 0 saturated carbocycles. The van der Waals surface area contributed by atoms with E-state index in [-0.39, 0.29) is 6.61 Å². The lowest BCUT2D eigenvalue weighted by atomic mass is 10.2. The van der Waals surface area contributed by atoms with Crippen LogP contribution in [0.2, 0.25) is 0 Å². The molecule has 1 amide bonds. The van der Waals surface area contributed by atoms with Crippen LogP contribution < -0.4 is 5.32 Å². The van der Waals surface area contributed by atoms with E-state index in [1.807, 2.05) is 36.6 Å². The summed E-state index contributed by atoms with van der Waals surface area (Å²) in [5.41, 5.74) is 0.685. The number of hydrogen-bond acceptors (Lipinski definition) is 5. The van der Waals surface area contributed by atoms with E-state index >= 15 is 0 Å². The van der Waals surface area contributed by atoms with E-state index < -0.39 is 17.3 Å². The fraction of sp³-hybridized carbons (Fsp3) is 0.444. The van der Waals surface area contributed by atoms with E-state index in [0.717, 1.165) is 13.1 Å². The molecule has 1 atom stereocenters. The van der Waals surface area contributed by atoms with E-state index in [0.29, 0.717) is 11.4 Å². The Hall–Kier alpha value is -2.23. The Morgan fingerprint density at radius 3 is 2.56 bits per heavy atom. The van der Waals surface area contributed by atoms with Crippen LogP contribution in [0.4, 0.5) is 10.5 Å². The molecule has 0 aliphatic carbocycles. The van der Waals surface area contributed by atoms with Gasteiger partial charge in [0.05, 0.1) is 6.20 Å². The van der Waals surface area contributed by atoms with Gasteiger partial charge in [0, 0.05) is 32.9 Å². The van der Waals surface area contributed by atoms with Crippen LogP contribution in [0.15, 0.2) is 47.3 Å². The van der Waals surface area contributed by atoms with Crippen LogP contribution in [0.1, 0.15) is 25.0 Å². The van der Waals surface area contributed by atoms with Crippen molar-refractivity contribution in [2.24, 2.45) is 0 Å². The fourth-order valence-corrected chi connectivity index (χ4v) is 3.41. The molecule has 1 aliphatic heterocycles. The van der Waals surface area contributed by atoms with Gasteiger partial charge in [-0.3, -0.25) is 5.32 Å². The number of para-hydroxylation sites is 1. The molecule has 2 aromatic rings. The number of aromatic nitrogens is 1. The predicted octanol–water partition coefficient (Wildman–Crippen LogP) is 3.04. The number of nitrogens with zero attached hydrogens (tertiary/aromatic N) is 3. The van der Waals surface area contributed by atoms with Crippen LogP contribution in [0.25, 0.3) is 0 Å². The van der Waals surface area contributed by atoms with Crippen molar-refractivity contribution in [1.29, 1.82) is 0 Å². The third-order valence-corrected chi connectivity index (χ3v) is 5.13. The summed E-state index contributed by atoms with van der Waals surface area (Å²) in [6.45, 7) is 2.05. The number of oxazole rings is 1. The van der Waals surface area contributed by atoms with E-state index in [2.05, 4.69) is 10.3 Å². The molecule has 2 heterocycles. The molecule has 1 aromatic carbocycles. The van der Waals surface area contributed by atoms with Gasteiger partial charge in [0.2, 0.25) is 0 Å². The summed E-state index contributed by atoms with van der Waals surface area (Å²) in [7, 11) is 3.70. The standard InChI is InChI=1S/C11H10N2O3.C7H16N2OS/c14-11(13-9-4-2-1-3-5-9)15-7-10-6-12-8-16-10;1-8(2)11(10)9-6-4-3-5-7-9/h1-6,8H,7H2,(H,13,14);3-7H2,1-2H3. The Bertz CT molecular complexity index is 689. The van der Waals surface area contributed by atoms with E-state index in [1.165, 1.54) is 31.9 Å². The number of nitrogens with one attached hydrogen (secondary N) is 1. The molecular weight excluding hydrogens is 368 g/mol. The number of benzene rings is 1. The minimum absolute atomic E-state index is 0.0681. The highest BCUT2D eigenvalue weighted by atomic mass is 32.2. The molecule has 3 rings (SSSR count). The molecule has 8 nitrogen and oxygen atoms in total. The van der Waals surface area contributed by atoms with Crippen LogP contribution in [0.3, 0.4) is 0 Å². The highest BCUT2D eigenvalue weighted by Crippen LogP contribution is 2.11. The zero-order valence-corrected chi connectivity index (χ0v) is 16.5. The van der Waals surface area contributed by atoms with Gasteiger partial charge in [-0.1, -0.05) is 24.6 Å². The van der Waals surface area contributed by atoms with Crippen LogP contribution in [0.5, 0.6) is 0 Å². The largest absolute Gasteiger partial charge is 0.445 e. The van der Waals surface area contributed by atoms with Crippen molar-refractivity contribution in [1.82, 2.24) is 13.6 Å². The van der Waals surface area contributed by atoms with Crippen molar-refractivity contribution in [2.45, 2.75) is 25.9 Å². The van der Waals surface area contributed by atoms with Gasteiger partial charge in [-0.05, 0) is 25.0 Å². The van der Waals surface area contributed by atoms with Gasteiger partial charge >= 0.3 is 6.09 Å². The Morgan fingerprint density at radius 1 is 1.26 bits per heavy atom. The average Bonchev–Trinajstić information content (AvgIpc) is 3.21. The minimum Gasteiger partial charge on any atom is -0.445 e.